The van der Waals surface area contributed by atoms with E-state index in [9.17, 15) is 4.79 Å². The first-order chi connectivity index (χ1) is 12.1. The number of furan rings is 1. The number of fused-ring (bicyclic) bond motifs is 1. The number of anilines is 1. The fourth-order valence-corrected chi connectivity index (χ4v) is 3.04. The molecule has 7 heteroatoms. The van der Waals surface area contributed by atoms with Gasteiger partial charge < -0.3 is 9.73 Å². The summed E-state index contributed by atoms with van der Waals surface area (Å²) < 4.78 is 5.09. The molecule has 5 nitrogen and oxygen atoms in total. The molecule has 0 radical (unpaired) electrons. The molecule has 2 aromatic heterocycles. The molecule has 3 heterocycles. The van der Waals surface area contributed by atoms with E-state index in [1.807, 2.05) is 6.07 Å². The molecule has 3 aromatic rings. The quantitative estimate of drug-likeness (QED) is 0.710. The minimum Gasteiger partial charge on any atom is -0.459 e. The summed E-state index contributed by atoms with van der Waals surface area (Å²) in [5.41, 5.74) is 3.07. The molecule has 1 aliphatic heterocycles. The van der Waals surface area contributed by atoms with E-state index in [0.29, 0.717) is 28.0 Å². The van der Waals surface area contributed by atoms with Gasteiger partial charge in [0.05, 0.1) is 17.0 Å². The molecule has 0 bridgehead atoms. The Bertz CT molecular complexity index is 998. The number of nitrogens with zero attached hydrogens (tertiary/aromatic N) is 2. The van der Waals surface area contributed by atoms with Crippen molar-refractivity contribution >= 4 is 46.3 Å². The highest BCUT2D eigenvalue weighted by molar-refractivity contribution is 6.35. The molecule has 0 unspecified atom stereocenters. The van der Waals surface area contributed by atoms with Crippen LogP contribution in [0, 0.1) is 0 Å². The number of amides is 1. The average Bonchev–Trinajstić information content (AvgIpc) is 3.25. The Hall–Kier alpha value is -2.63. The Morgan fingerprint density at radius 3 is 2.88 bits per heavy atom. The maximum absolute atomic E-state index is 12.1. The van der Waals surface area contributed by atoms with Gasteiger partial charge in [0.2, 0.25) is 0 Å². The summed E-state index contributed by atoms with van der Waals surface area (Å²) in [5, 5.41) is 3.90. The van der Waals surface area contributed by atoms with Crippen LogP contribution in [-0.2, 0) is 6.42 Å². The first-order valence-corrected chi connectivity index (χ1v) is 8.22. The number of benzene rings is 1. The van der Waals surface area contributed by atoms with Gasteiger partial charge in [-0.2, -0.15) is 0 Å². The fraction of sp³-hybridized carbons (Fsp3) is 0.0556. The number of hydrogen-bond acceptors (Lipinski definition) is 4. The third-order valence-corrected chi connectivity index (χ3v) is 4.32. The third kappa shape index (κ3) is 3.16. The highest BCUT2D eigenvalue weighted by Crippen LogP contribution is 2.32. The number of carbonyl (C=O) groups is 1. The minimum absolute atomic E-state index is 0.237. The Morgan fingerprint density at radius 2 is 2.08 bits per heavy atom. The summed E-state index contributed by atoms with van der Waals surface area (Å²) in [6, 6.07) is 10.3. The lowest BCUT2D eigenvalue weighted by Crippen LogP contribution is -2.11. The molecule has 1 amide bonds. The topological polar surface area (TPSA) is 67.5 Å². The van der Waals surface area contributed by atoms with Crippen LogP contribution in [0.1, 0.15) is 21.7 Å². The van der Waals surface area contributed by atoms with E-state index in [0.717, 1.165) is 16.8 Å². The second kappa shape index (κ2) is 6.35. The molecular formula is C18H11Cl2N3O2. The summed E-state index contributed by atoms with van der Waals surface area (Å²) in [6.07, 6.45) is 3.59. The molecule has 0 spiro atoms. The van der Waals surface area contributed by atoms with Gasteiger partial charge in [0.25, 0.3) is 5.91 Å². The average molecular weight is 372 g/mol. The van der Waals surface area contributed by atoms with Gasteiger partial charge in [-0.1, -0.05) is 23.2 Å². The van der Waals surface area contributed by atoms with Crippen LogP contribution in [0.25, 0.3) is 0 Å². The zero-order valence-electron chi connectivity index (χ0n) is 12.8. The Balaban J connectivity index is 1.62. The van der Waals surface area contributed by atoms with Crippen LogP contribution >= 0.6 is 23.2 Å². The maximum atomic E-state index is 12.1. The zero-order chi connectivity index (χ0) is 17.4. The van der Waals surface area contributed by atoms with Crippen molar-refractivity contribution in [2.75, 3.05) is 5.32 Å². The summed E-state index contributed by atoms with van der Waals surface area (Å²) in [4.78, 5) is 20.9. The molecule has 25 heavy (non-hydrogen) atoms. The van der Waals surface area contributed by atoms with Gasteiger partial charge in [-0.05, 0) is 36.4 Å². The number of rotatable bonds is 3. The van der Waals surface area contributed by atoms with Crippen LogP contribution in [0.2, 0.25) is 10.0 Å². The van der Waals surface area contributed by atoms with Crippen molar-refractivity contribution < 1.29 is 9.21 Å². The monoisotopic (exact) mass is 371 g/mol. The maximum Gasteiger partial charge on any atom is 0.291 e. The van der Waals surface area contributed by atoms with E-state index >= 15 is 0 Å². The lowest BCUT2D eigenvalue weighted by Gasteiger charge is -2.08. The largest absolute Gasteiger partial charge is 0.459 e. The number of pyridine rings is 1. The molecule has 0 aliphatic carbocycles. The SMILES string of the molecule is O=C(Nc1ccc(Cl)c(C2=Nc3ncc(Cl)cc3C2)c1)c1ccco1. The van der Waals surface area contributed by atoms with Crippen molar-refractivity contribution in [3.05, 3.63) is 75.8 Å². The number of nitrogens with one attached hydrogen (secondary N) is 1. The van der Waals surface area contributed by atoms with Crippen LogP contribution in [-0.4, -0.2) is 16.6 Å². The summed E-state index contributed by atoms with van der Waals surface area (Å²) >= 11 is 12.3. The molecule has 124 valence electrons. The summed E-state index contributed by atoms with van der Waals surface area (Å²) in [5.74, 6) is 0.546. The van der Waals surface area contributed by atoms with E-state index in [1.165, 1.54) is 6.26 Å². The van der Waals surface area contributed by atoms with E-state index in [4.69, 9.17) is 27.6 Å². The van der Waals surface area contributed by atoms with Gasteiger partial charge in [-0.15, -0.1) is 0 Å². The molecule has 1 N–H and O–H groups in total. The summed E-state index contributed by atoms with van der Waals surface area (Å²) in [7, 11) is 0. The van der Waals surface area contributed by atoms with E-state index in [2.05, 4.69) is 15.3 Å². The van der Waals surface area contributed by atoms with Crippen LogP contribution in [0.5, 0.6) is 0 Å². The van der Waals surface area contributed by atoms with Gasteiger partial charge in [-0.25, -0.2) is 9.98 Å². The molecular weight excluding hydrogens is 361 g/mol. The van der Waals surface area contributed by atoms with Crippen LogP contribution < -0.4 is 5.32 Å². The van der Waals surface area contributed by atoms with Crippen LogP contribution in [0.4, 0.5) is 11.5 Å². The lowest BCUT2D eigenvalue weighted by molar-refractivity contribution is 0.0996. The van der Waals surface area contributed by atoms with E-state index in [1.54, 1.807) is 36.5 Å². The fourth-order valence-electron chi connectivity index (χ4n) is 2.63. The second-order valence-electron chi connectivity index (χ2n) is 5.50. The first-order valence-electron chi connectivity index (χ1n) is 7.47. The molecule has 0 saturated heterocycles. The zero-order valence-corrected chi connectivity index (χ0v) is 14.3. The van der Waals surface area contributed by atoms with Crippen molar-refractivity contribution in [3.63, 3.8) is 0 Å². The van der Waals surface area contributed by atoms with Gasteiger partial charge in [0.15, 0.2) is 11.6 Å². The van der Waals surface area contributed by atoms with Crippen LogP contribution in [0.3, 0.4) is 0 Å². The van der Waals surface area contributed by atoms with Gasteiger partial charge >= 0.3 is 0 Å². The van der Waals surface area contributed by atoms with Gasteiger partial charge in [-0.3, -0.25) is 4.79 Å². The molecule has 0 atom stereocenters. The van der Waals surface area contributed by atoms with Gasteiger partial charge in [0, 0.05) is 34.5 Å². The smallest absolute Gasteiger partial charge is 0.291 e. The number of carbonyl (C=O) groups excluding carboxylic acids is 1. The van der Waals surface area contributed by atoms with Crippen molar-refractivity contribution in [1.82, 2.24) is 4.98 Å². The summed E-state index contributed by atoms with van der Waals surface area (Å²) in [6.45, 7) is 0. The third-order valence-electron chi connectivity index (χ3n) is 3.79. The number of hydrogen-bond donors (Lipinski definition) is 1. The molecule has 0 fully saturated rings. The molecule has 1 aliphatic rings. The van der Waals surface area contributed by atoms with E-state index in [-0.39, 0.29) is 11.7 Å². The Labute approximate surface area is 153 Å². The standard InChI is InChI=1S/C18H11Cl2N3O2/c19-11-6-10-7-15(23-17(10)21-9-11)13-8-12(3-4-14(13)20)22-18(24)16-2-1-5-25-16/h1-6,8-9H,7H2,(H,22,24). The van der Waals surface area contributed by atoms with Crippen molar-refractivity contribution in [1.29, 1.82) is 0 Å². The highest BCUT2D eigenvalue weighted by Gasteiger charge is 2.20. The van der Waals surface area contributed by atoms with E-state index < -0.39 is 0 Å². The van der Waals surface area contributed by atoms with Crippen molar-refractivity contribution in [2.45, 2.75) is 6.42 Å². The predicted octanol–water partition coefficient (Wildman–Crippen LogP) is 4.91. The first kappa shape index (κ1) is 15.9. The Kier molecular flexibility index (Phi) is 4.03. The molecule has 1 aromatic carbocycles. The number of aromatic nitrogens is 1. The Morgan fingerprint density at radius 1 is 1.20 bits per heavy atom. The molecule has 0 saturated carbocycles. The van der Waals surface area contributed by atoms with Crippen molar-refractivity contribution in [2.24, 2.45) is 4.99 Å². The van der Waals surface area contributed by atoms with Crippen molar-refractivity contribution in [3.8, 4) is 0 Å². The minimum atomic E-state index is -0.330. The second-order valence-corrected chi connectivity index (χ2v) is 6.34. The normalized spacial score (nSPS) is 12.6. The van der Waals surface area contributed by atoms with Gasteiger partial charge in [0.1, 0.15) is 0 Å². The lowest BCUT2D eigenvalue weighted by atomic mass is 10.0. The molecule has 4 rings (SSSR count). The predicted molar refractivity (Wildman–Crippen MR) is 97.3 cm³/mol. The van der Waals surface area contributed by atoms with Crippen LogP contribution in [0.15, 0.2) is 58.3 Å². The highest BCUT2D eigenvalue weighted by atomic mass is 35.5. The number of halogens is 2. The number of aliphatic imine (C=N–C) groups is 1.